The monoisotopic (exact) mass is 511 g/mol. The molecular weight excluding hydrogens is 490 g/mol. The van der Waals surface area contributed by atoms with Gasteiger partial charge in [-0.3, -0.25) is 0 Å². The number of methoxy groups -OCH3 is 1. The van der Waals surface area contributed by atoms with Crippen molar-refractivity contribution in [2.45, 2.75) is 25.4 Å². The molecule has 0 N–H and O–H groups in total. The Morgan fingerprint density at radius 3 is 2.71 bits per heavy atom. The molecule has 5 rings (SSSR count). The summed E-state index contributed by atoms with van der Waals surface area (Å²) in [5.74, 6) is 1.38. The fourth-order valence-electron chi connectivity index (χ4n) is 3.94. The standard InChI is InChI=1S/C23H22ClN7O3S/c1-33-23(32)16-10-20(24)21(25-11-16)30-8-6-15(7-9-30)22-27-17(13-35-22)12-34-19-4-2-18(3-5-19)31-14-26-28-29-31/h2-5,10-11,13-15H,6-9,12H2,1H3. The minimum absolute atomic E-state index is 0.345. The van der Waals surface area contributed by atoms with Gasteiger partial charge in [0.1, 0.15) is 24.5 Å². The number of hydrogen-bond donors (Lipinski definition) is 0. The Kier molecular flexibility index (Phi) is 6.87. The summed E-state index contributed by atoms with van der Waals surface area (Å²) in [4.78, 5) is 23.0. The molecular formula is C23H22ClN7O3S. The number of carbonyl (C=O) groups is 1. The molecule has 1 saturated heterocycles. The molecule has 180 valence electrons. The number of thiazole rings is 1. The van der Waals surface area contributed by atoms with E-state index in [1.54, 1.807) is 28.4 Å². The van der Waals surface area contributed by atoms with Crippen LogP contribution < -0.4 is 9.64 Å². The van der Waals surface area contributed by atoms with E-state index in [0.717, 1.165) is 48.1 Å². The first-order valence-corrected chi connectivity index (χ1v) is 12.3. The molecule has 3 aromatic heterocycles. The first kappa shape index (κ1) is 23.2. The van der Waals surface area contributed by atoms with Gasteiger partial charge in [-0.2, -0.15) is 0 Å². The van der Waals surface area contributed by atoms with E-state index < -0.39 is 5.97 Å². The smallest absolute Gasteiger partial charge is 0.339 e. The maximum Gasteiger partial charge on any atom is 0.339 e. The molecule has 0 unspecified atom stereocenters. The molecule has 1 fully saturated rings. The second kappa shape index (κ2) is 10.4. The Morgan fingerprint density at radius 1 is 1.23 bits per heavy atom. The van der Waals surface area contributed by atoms with Crippen molar-refractivity contribution in [3.05, 3.63) is 69.5 Å². The summed E-state index contributed by atoms with van der Waals surface area (Å²) >= 11 is 8.07. The van der Waals surface area contributed by atoms with Gasteiger partial charge in [0.05, 0.1) is 34.1 Å². The molecule has 10 nitrogen and oxygen atoms in total. The summed E-state index contributed by atoms with van der Waals surface area (Å²) in [6.45, 7) is 2.04. The quantitative estimate of drug-likeness (QED) is 0.341. The second-order valence-corrected chi connectivity index (χ2v) is 9.29. The van der Waals surface area contributed by atoms with Crippen molar-refractivity contribution in [3.8, 4) is 11.4 Å². The Morgan fingerprint density at radius 2 is 2.03 bits per heavy atom. The van der Waals surface area contributed by atoms with E-state index in [-0.39, 0.29) is 0 Å². The fourth-order valence-corrected chi connectivity index (χ4v) is 5.20. The van der Waals surface area contributed by atoms with E-state index in [9.17, 15) is 4.79 Å². The molecule has 0 saturated carbocycles. The Bertz CT molecular complexity index is 1290. The number of tetrazole rings is 1. The summed E-state index contributed by atoms with van der Waals surface area (Å²) in [5, 5.41) is 14.8. The van der Waals surface area contributed by atoms with Crippen LogP contribution in [0.25, 0.3) is 5.69 Å². The zero-order chi connectivity index (χ0) is 24.2. The Balaban J connectivity index is 1.14. The van der Waals surface area contributed by atoms with Gasteiger partial charge in [-0.1, -0.05) is 11.6 Å². The number of pyridine rings is 1. The molecule has 0 atom stereocenters. The first-order valence-electron chi connectivity index (χ1n) is 11.0. The predicted molar refractivity (Wildman–Crippen MR) is 130 cm³/mol. The molecule has 0 amide bonds. The summed E-state index contributed by atoms with van der Waals surface area (Å²) in [6.07, 6.45) is 4.95. The largest absolute Gasteiger partial charge is 0.487 e. The maximum absolute atomic E-state index is 11.7. The molecule has 1 aliphatic heterocycles. The van der Waals surface area contributed by atoms with Crippen LogP contribution in [0.1, 0.15) is 39.8 Å². The van der Waals surface area contributed by atoms with Gasteiger partial charge in [0, 0.05) is 30.6 Å². The normalized spacial score (nSPS) is 14.2. The second-order valence-electron chi connectivity index (χ2n) is 8.00. The number of ether oxygens (including phenoxy) is 2. The third-order valence-corrected chi connectivity index (χ3v) is 7.13. The summed E-state index contributed by atoms with van der Waals surface area (Å²) in [6, 6.07) is 9.17. The molecule has 12 heteroatoms. The molecule has 4 heterocycles. The zero-order valence-electron chi connectivity index (χ0n) is 18.9. The third-order valence-electron chi connectivity index (χ3n) is 5.79. The average molecular weight is 512 g/mol. The highest BCUT2D eigenvalue weighted by atomic mass is 35.5. The van der Waals surface area contributed by atoms with Gasteiger partial charge >= 0.3 is 5.97 Å². The van der Waals surface area contributed by atoms with Crippen LogP contribution in [0, 0.1) is 0 Å². The number of carbonyl (C=O) groups excluding carboxylic acids is 1. The predicted octanol–water partition coefficient (Wildman–Crippen LogP) is 3.92. The van der Waals surface area contributed by atoms with Crippen LogP contribution in [0.3, 0.4) is 0 Å². The molecule has 0 spiro atoms. The van der Waals surface area contributed by atoms with E-state index in [1.165, 1.54) is 13.3 Å². The minimum Gasteiger partial charge on any atom is -0.487 e. The Labute approximate surface area is 210 Å². The Hall–Kier alpha value is -3.57. The molecule has 4 aromatic rings. The number of halogens is 1. The lowest BCUT2D eigenvalue weighted by molar-refractivity contribution is 0.0600. The van der Waals surface area contributed by atoms with Gasteiger partial charge in [0.15, 0.2) is 0 Å². The number of anilines is 1. The molecule has 35 heavy (non-hydrogen) atoms. The molecule has 0 bridgehead atoms. The van der Waals surface area contributed by atoms with Crippen LogP contribution in [-0.4, -0.2) is 56.3 Å². The van der Waals surface area contributed by atoms with E-state index in [0.29, 0.717) is 28.9 Å². The van der Waals surface area contributed by atoms with E-state index in [4.69, 9.17) is 26.1 Å². The summed E-state index contributed by atoms with van der Waals surface area (Å²) < 4.78 is 12.2. The van der Waals surface area contributed by atoms with Crippen molar-refractivity contribution >= 4 is 34.7 Å². The molecule has 1 aromatic carbocycles. The van der Waals surface area contributed by atoms with Gasteiger partial charge in [-0.15, -0.1) is 16.4 Å². The number of piperidine rings is 1. The fraction of sp³-hybridized carbons (Fsp3) is 0.304. The van der Waals surface area contributed by atoms with Crippen LogP contribution in [0.5, 0.6) is 5.75 Å². The summed E-state index contributed by atoms with van der Waals surface area (Å²) in [7, 11) is 1.34. The minimum atomic E-state index is -0.449. The highest BCUT2D eigenvalue weighted by Gasteiger charge is 2.25. The lowest BCUT2D eigenvalue weighted by atomic mass is 9.97. The SMILES string of the molecule is COC(=O)c1cnc(N2CCC(c3nc(COc4ccc(-n5cnnn5)cc4)cs3)CC2)c(Cl)c1. The summed E-state index contributed by atoms with van der Waals surface area (Å²) in [5.41, 5.74) is 2.12. The highest BCUT2D eigenvalue weighted by molar-refractivity contribution is 7.09. The maximum atomic E-state index is 11.7. The van der Waals surface area contributed by atoms with Crippen LogP contribution in [-0.2, 0) is 11.3 Å². The average Bonchev–Trinajstić information content (AvgIpc) is 3.60. The highest BCUT2D eigenvalue weighted by Crippen LogP contribution is 2.34. The first-order chi connectivity index (χ1) is 17.1. The van der Waals surface area contributed by atoms with Gasteiger partial charge in [-0.05, 0) is 53.6 Å². The number of aromatic nitrogens is 6. The van der Waals surface area contributed by atoms with Crippen LogP contribution in [0.2, 0.25) is 5.02 Å². The van der Waals surface area contributed by atoms with E-state index in [2.05, 4.69) is 30.8 Å². The lowest BCUT2D eigenvalue weighted by Gasteiger charge is -2.32. The third kappa shape index (κ3) is 5.25. The van der Waals surface area contributed by atoms with Crippen molar-refractivity contribution in [2.75, 3.05) is 25.1 Å². The lowest BCUT2D eigenvalue weighted by Crippen LogP contribution is -2.33. The molecule has 0 aliphatic carbocycles. The molecule has 1 aliphatic rings. The van der Waals surface area contributed by atoms with Crippen LogP contribution >= 0.6 is 22.9 Å². The van der Waals surface area contributed by atoms with E-state index >= 15 is 0 Å². The number of esters is 1. The number of hydrogen-bond acceptors (Lipinski definition) is 10. The van der Waals surface area contributed by atoms with Gasteiger partial charge in [0.2, 0.25) is 0 Å². The van der Waals surface area contributed by atoms with Crippen molar-refractivity contribution in [3.63, 3.8) is 0 Å². The van der Waals surface area contributed by atoms with Crippen LogP contribution in [0.15, 0.2) is 48.2 Å². The molecule has 0 radical (unpaired) electrons. The van der Waals surface area contributed by atoms with Crippen LogP contribution in [0.4, 0.5) is 5.82 Å². The van der Waals surface area contributed by atoms with Crippen molar-refractivity contribution in [1.82, 2.24) is 30.2 Å². The van der Waals surface area contributed by atoms with Gasteiger partial charge in [0.25, 0.3) is 0 Å². The van der Waals surface area contributed by atoms with E-state index in [1.807, 2.05) is 24.3 Å². The van der Waals surface area contributed by atoms with Gasteiger partial charge in [-0.25, -0.2) is 19.4 Å². The van der Waals surface area contributed by atoms with Crippen molar-refractivity contribution in [1.29, 1.82) is 0 Å². The number of nitrogens with zero attached hydrogens (tertiary/aromatic N) is 7. The van der Waals surface area contributed by atoms with Crippen molar-refractivity contribution in [2.24, 2.45) is 0 Å². The van der Waals surface area contributed by atoms with Gasteiger partial charge < -0.3 is 14.4 Å². The number of rotatable bonds is 7. The topological polar surface area (TPSA) is 108 Å². The van der Waals surface area contributed by atoms with Crippen molar-refractivity contribution < 1.29 is 14.3 Å². The number of benzene rings is 1. The zero-order valence-corrected chi connectivity index (χ0v) is 20.4.